The fraction of sp³-hybridized carbons (Fsp3) is 0.474. The Bertz CT molecular complexity index is 499. The van der Waals surface area contributed by atoms with Crippen LogP contribution in [0.2, 0.25) is 0 Å². The van der Waals surface area contributed by atoms with Crippen LogP contribution in [-0.4, -0.2) is 6.61 Å². The van der Waals surface area contributed by atoms with Crippen LogP contribution in [0.3, 0.4) is 0 Å². The summed E-state index contributed by atoms with van der Waals surface area (Å²) >= 11 is 0. The summed E-state index contributed by atoms with van der Waals surface area (Å²) in [4.78, 5) is 0. The van der Waals surface area contributed by atoms with Crippen LogP contribution >= 0.6 is 0 Å². The van der Waals surface area contributed by atoms with Gasteiger partial charge < -0.3 is 4.74 Å². The van der Waals surface area contributed by atoms with E-state index in [4.69, 9.17) is 4.74 Å². The highest BCUT2D eigenvalue weighted by molar-refractivity contribution is 5.43. The van der Waals surface area contributed by atoms with Gasteiger partial charge >= 0.3 is 0 Å². The van der Waals surface area contributed by atoms with E-state index in [2.05, 4.69) is 31.8 Å². The summed E-state index contributed by atoms with van der Waals surface area (Å²) in [6.45, 7) is 5.16. The van der Waals surface area contributed by atoms with Crippen molar-refractivity contribution in [3.63, 3.8) is 0 Å². The lowest BCUT2D eigenvalue weighted by molar-refractivity contribution is 0.317. The van der Waals surface area contributed by atoms with E-state index >= 15 is 0 Å². The molecule has 20 heavy (non-hydrogen) atoms. The van der Waals surface area contributed by atoms with Gasteiger partial charge in [-0.3, -0.25) is 0 Å². The Hall–Kier alpha value is -1.68. The number of hydrogen-bond donors (Lipinski definition) is 0. The van der Waals surface area contributed by atoms with Gasteiger partial charge in [0.15, 0.2) is 0 Å². The minimum absolute atomic E-state index is 0.774. The van der Waals surface area contributed by atoms with Gasteiger partial charge in [-0.25, -0.2) is 0 Å². The predicted molar refractivity (Wildman–Crippen MR) is 84.8 cm³/mol. The van der Waals surface area contributed by atoms with E-state index in [1.54, 1.807) is 0 Å². The van der Waals surface area contributed by atoms with Crippen molar-refractivity contribution in [3.05, 3.63) is 41.5 Å². The van der Waals surface area contributed by atoms with Gasteiger partial charge in [0, 0.05) is 5.56 Å². The first-order chi connectivity index (χ1) is 9.81. The molecule has 0 aromatic heterocycles. The smallest absolute Gasteiger partial charge is 0.119 e. The predicted octanol–water partition coefficient (Wildman–Crippen LogP) is 4.96. The summed E-state index contributed by atoms with van der Waals surface area (Å²) in [5.74, 6) is 8.37. The Morgan fingerprint density at radius 1 is 1.15 bits per heavy atom. The summed E-state index contributed by atoms with van der Waals surface area (Å²) in [6.07, 6.45) is 8.28. The summed E-state index contributed by atoms with van der Waals surface area (Å²) in [7, 11) is 0. The molecule has 106 valence electrons. The highest BCUT2D eigenvalue weighted by atomic mass is 16.5. The molecular weight excluding hydrogens is 244 g/mol. The number of ether oxygens (including phenoxy) is 1. The fourth-order valence-corrected chi connectivity index (χ4v) is 2.38. The molecule has 0 N–H and O–H groups in total. The van der Waals surface area contributed by atoms with Crippen molar-refractivity contribution in [1.29, 1.82) is 0 Å². The summed E-state index contributed by atoms with van der Waals surface area (Å²) in [5.41, 5.74) is 2.37. The molecule has 1 aromatic carbocycles. The lowest BCUT2D eigenvalue weighted by Gasteiger charge is -2.17. The SMILES string of the molecule is CCCOc1ccc(C#CC2=CCC(CC)CC2)cc1. The molecule has 0 radical (unpaired) electrons. The second-order valence-corrected chi connectivity index (χ2v) is 5.40. The lowest BCUT2D eigenvalue weighted by atomic mass is 9.88. The average Bonchev–Trinajstić information content (AvgIpc) is 2.52. The van der Waals surface area contributed by atoms with Crippen molar-refractivity contribution < 1.29 is 4.74 Å². The van der Waals surface area contributed by atoms with Gasteiger partial charge in [-0.2, -0.15) is 0 Å². The van der Waals surface area contributed by atoms with E-state index in [1.165, 1.54) is 24.8 Å². The molecule has 1 unspecified atom stereocenters. The highest BCUT2D eigenvalue weighted by Crippen LogP contribution is 2.25. The Balaban J connectivity index is 1.94. The Morgan fingerprint density at radius 3 is 2.55 bits per heavy atom. The topological polar surface area (TPSA) is 9.23 Å². The quantitative estimate of drug-likeness (QED) is 0.701. The van der Waals surface area contributed by atoms with E-state index in [1.807, 2.05) is 24.3 Å². The van der Waals surface area contributed by atoms with Crippen LogP contribution in [0.25, 0.3) is 0 Å². The maximum absolute atomic E-state index is 5.57. The zero-order chi connectivity index (χ0) is 14.2. The highest BCUT2D eigenvalue weighted by Gasteiger charge is 2.10. The first kappa shape index (κ1) is 14.7. The van der Waals surface area contributed by atoms with Crippen molar-refractivity contribution in [2.45, 2.75) is 46.0 Å². The molecule has 0 amide bonds. The van der Waals surface area contributed by atoms with Gasteiger partial charge in [-0.05, 0) is 61.4 Å². The number of hydrogen-bond acceptors (Lipinski definition) is 1. The third kappa shape index (κ3) is 4.46. The van der Waals surface area contributed by atoms with Gasteiger partial charge in [0.2, 0.25) is 0 Å². The molecule has 0 fully saturated rings. The van der Waals surface area contributed by atoms with Gasteiger partial charge in [0.1, 0.15) is 5.75 Å². The molecule has 1 aliphatic carbocycles. The molecule has 0 saturated heterocycles. The molecule has 2 rings (SSSR count). The molecule has 1 heteroatoms. The Morgan fingerprint density at radius 2 is 1.95 bits per heavy atom. The van der Waals surface area contributed by atoms with Crippen LogP contribution in [0.4, 0.5) is 0 Å². The molecule has 0 spiro atoms. The normalized spacial score (nSPS) is 17.9. The number of benzene rings is 1. The molecule has 1 aliphatic rings. The minimum atomic E-state index is 0.774. The van der Waals surface area contributed by atoms with Crippen LogP contribution in [0.15, 0.2) is 35.9 Å². The second-order valence-electron chi connectivity index (χ2n) is 5.40. The van der Waals surface area contributed by atoms with Crippen molar-refractivity contribution >= 4 is 0 Å². The van der Waals surface area contributed by atoms with E-state index in [0.29, 0.717) is 0 Å². The largest absolute Gasteiger partial charge is 0.494 e. The van der Waals surface area contributed by atoms with Gasteiger partial charge in [-0.15, -0.1) is 0 Å². The molecule has 0 heterocycles. The molecular formula is C19H24O. The van der Waals surface area contributed by atoms with E-state index in [0.717, 1.165) is 36.7 Å². The lowest BCUT2D eigenvalue weighted by Crippen LogP contribution is -2.03. The monoisotopic (exact) mass is 268 g/mol. The van der Waals surface area contributed by atoms with Crippen LogP contribution < -0.4 is 4.74 Å². The third-order valence-corrected chi connectivity index (χ3v) is 3.79. The van der Waals surface area contributed by atoms with Crippen molar-refractivity contribution in [3.8, 4) is 17.6 Å². The summed E-state index contributed by atoms with van der Waals surface area (Å²) < 4.78 is 5.57. The second kappa shape index (κ2) is 7.80. The van der Waals surface area contributed by atoms with Crippen LogP contribution in [0.1, 0.15) is 51.5 Å². The van der Waals surface area contributed by atoms with Crippen molar-refractivity contribution in [2.24, 2.45) is 5.92 Å². The van der Waals surface area contributed by atoms with Gasteiger partial charge in [0.05, 0.1) is 6.61 Å². The fourth-order valence-electron chi connectivity index (χ4n) is 2.38. The summed E-state index contributed by atoms with van der Waals surface area (Å²) in [6, 6.07) is 8.08. The van der Waals surface area contributed by atoms with E-state index in [9.17, 15) is 0 Å². The average molecular weight is 268 g/mol. The van der Waals surface area contributed by atoms with Crippen molar-refractivity contribution in [1.82, 2.24) is 0 Å². The van der Waals surface area contributed by atoms with Crippen LogP contribution in [-0.2, 0) is 0 Å². The van der Waals surface area contributed by atoms with Crippen LogP contribution in [0, 0.1) is 17.8 Å². The molecule has 0 aliphatic heterocycles. The standard InChI is InChI=1S/C19H24O/c1-3-15-20-19-13-11-18(12-14-19)10-9-17-7-5-16(4-2)6-8-17/h7,11-14,16H,3-6,8,15H2,1-2H3. The first-order valence-corrected chi connectivity index (χ1v) is 7.75. The maximum Gasteiger partial charge on any atom is 0.119 e. The zero-order valence-corrected chi connectivity index (χ0v) is 12.6. The van der Waals surface area contributed by atoms with E-state index in [-0.39, 0.29) is 0 Å². The van der Waals surface area contributed by atoms with Gasteiger partial charge in [-0.1, -0.05) is 38.2 Å². The number of rotatable bonds is 4. The van der Waals surface area contributed by atoms with Crippen molar-refractivity contribution in [2.75, 3.05) is 6.61 Å². The molecule has 0 bridgehead atoms. The number of allylic oxidation sites excluding steroid dienone is 2. The summed E-state index contributed by atoms with van der Waals surface area (Å²) in [5, 5.41) is 0. The Kier molecular flexibility index (Phi) is 5.74. The molecule has 0 saturated carbocycles. The molecule has 1 atom stereocenters. The zero-order valence-electron chi connectivity index (χ0n) is 12.6. The minimum Gasteiger partial charge on any atom is -0.494 e. The third-order valence-electron chi connectivity index (χ3n) is 3.79. The van der Waals surface area contributed by atoms with Gasteiger partial charge in [0.25, 0.3) is 0 Å². The molecule has 1 aromatic rings. The Labute approximate surface area is 123 Å². The maximum atomic E-state index is 5.57. The molecule has 1 nitrogen and oxygen atoms in total. The first-order valence-electron chi connectivity index (χ1n) is 7.75. The van der Waals surface area contributed by atoms with Crippen LogP contribution in [0.5, 0.6) is 5.75 Å². The van der Waals surface area contributed by atoms with E-state index < -0.39 is 0 Å².